The van der Waals surface area contributed by atoms with E-state index in [4.69, 9.17) is 10.5 Å². The molecule has 6 heteroatoms. The molecule has 1 aromatic heterocycles. The summed E-state index contributed by atoms with van der Waals surface area (Å²) in [5, 5.41) is 0. The first-order valence-corrected chi connectivity index (χ1v) is 8.29. The summed E-state index contributed by atoms with van der Waals surface area (Å²) in [7, 11) is 0. The standard InChI is InChI=1S/C19H21N3O3/c1-13-10-14(12-21-11-13)19(24)22(8-6-18(20)23)16-7-9-25-17-5-3-2-4-15(16)17/h2-5,10-12,16H,6-9H2,1H3,(H2,20,23). The second-order valence-electron chi connectivity index (χ2n) is 6.16. The molecule has 6 nitrogen and oxygen atoms in total. The predicted molar refractivity (Wildman–Crippen MR) is 93.1 cm³/mol. The minimum Gasteiger partial charge on any atom is -0.493 e. The normalized spacial score (nSPS) is 15.8. The van der Waals surface area contributed by atoms with Crippen LogP contribution in [0.3, 0.4) is 0 Å². The molecule has 2 amide bonds. The maximum Gasteiger partial charge on any atom is 0.255 e. The minimum absolute atomic E-state index is 0.116. The zero-order valence-corrected chi connectivity index (χ0v) is 14.1. The Morgan fingerprint density at radius 2 is 2.12 bits per heavy atom. The monoisotopic (exact) mass is 339 g/mol. The number of aromatic nitrogens is 1. The second kappa shape index (κ2) is 7.34. The molecule has 0 fully saturated rings. The molecule has 1 atom stereocenters. The third kappa shape index (κ3) is 3.79. The van der Waals surface area contributed by atoms with E-state index in [9.17, 15) is 9.59 Å². The molecule has 0 bridgehead atoms. The number of ether oxygens (including phenoxy) is 1. The van der Waals surface area contributed by atoms with E-state index in [-0.39, 0.29) is 24.9 Å². The summed E-state index contributed by atoms with van der Waals surface area (Å²) in [4.78, 5) is 30.2. The van der Waals surface area contributed by atoms with Crippen molar-refractivity contribution in [1.29, 1.82) is 0 Å². The van der Waals surface area contributed by atoms with Crippen LogP contribution in [0, 0.1) is 6.92 Å². The first kappa shape index (κ1) is 17.0. The van der Waals surface area contributed by atoms with Gasteiger partial charge in [0, 0.05) is 37.3 Å². The highest BCUT2D eigenvalue weighted by Crippen LogP contribution is 2.36. The highest BCUT2D eigenvalue weighted by Gasteiger charge is 2.31. The summed E-state index contributed by atoms with van der Waals surface area (Å²) < 4.78 is 5.69. The van der Waals surface area contributed by atoms with Gasteiger partial charge in [-0.1, -0.05) is 18.2 Å². The molecule has 2 aromatic rings. The summed E-state index contributed by atoms with van der Waals surface area (Å²) in [6, 6.07) is 9.33. The minimum atomic E-state index is -0.430. The number of aryl methyl sites for hydroxylation is 1. The first-order valence-electron chi connectivity index (χ1n) is 8.29. The number of benzene rings is 1. The quantitative estimate of drug-likeness (QED) is 0.905. The zero-order chi connectivity index (χ0) is 17.8. The number of nitrogens with two attached hydrogens (primary N) is 1. The number of primary amides is 1. The number of para-hydroxylation sites is 1. The molecule has 1 unspecified atom stereocenters. The van der Waals surface area contributed by atoms with E-state index < -0.39 is 5.91 Å². The predicted octanol–water partition coefficient (Wildman–Crippen LogP) is 2.23. The Labute approximate surface area is 146 Å². The summed E-state index contributed by atoms with van der Waals surface area (Å²) in [6.45, 7) is 2.68. The zero-order valence-electron chi connectivity index (χ0n) is 14.1. The van der Waals surface area contributed by atoms with E-state index in [0.717, 1.165) is 16.9 Å². The molecule has 2 heterocycles. The Morgan fingerprint density at radius 3 is 2.88 bits per heavy atom. The summed E-state index contributed by atoms with van der Waals surface area (Å²) in [6.07, 6.45) is 4.04. The number of rotatable bonds is 5. The lowest BCUT2D eigenvalue weighted by atomic mass is 9.97. The highest BCUT2D eigenvalue weighted by molar-refractivity contribution is 5.94. The Bertz CT molecular complexity index is 791. The van der Waals surface area contributed by atoms with Crippen LogP contribution in [0.25, 0.3) is 0 Å². The largest absolute Gasteiger partial charge is 0.493 e. The van der Waals surface area contributed by atoms with Gasteiger partial charge >= 0.3 is 0 Å². The van der Waals surface area contributed by atoms with Gasteiger partial charge in [-0.3, -0.25) is 14.6 Å². The van der Waals surface area contributed by atoms with Gasteiger partial charge < -0.3 is 15.4 Å². The number of hydrogen-bond donors (Lipinski definition) is 1. The number of pyridine rings is 1. The van der Waals surface area contributed by atoms with Crippen LogP contribution in [-0.4, -0.2) is 34.8 Å². The SMILES string of the molecule is Cc1cncc(C(=O)N(CCC(N)=O)C2CCOc3ccccc32)c1. The van der Waals surface area contributed by atoms with Gasteiger partial charge in [-0.2, -0.15) is 0 Å². The van der Waals surface area contributed by atoms with Gasteiger partial charge in [0.2, 0.25) is 5.91 Å². The molecular formula is C19H21N3O3. The summed E-state index contributed by atoms with van der Waals surface area (Å²) >= 11 is 0. The van der Waals surface area contributed by atoms with Crippen LogP contribution in [0.2, 0.25) is 0 Å². The second-order valence-corrected chi connectivity index (χ2v) is 6.16. The maximum absolute atomic E-state index is 13.1. The molecule has 0 saturated heterocycles. The van der Waals surface area contributed by atoms with E-state index in [1.165, 1.54) is 0 Å². The van der Waals surface area contributed by atoms with Crippen molar-refractivity contribution in [2.75, 3.05) is 13.2 Å². The van der Waals surface area contributed by atoms with Gasteiger partial charge in [-0.15, -0.1) is 0 Å². The first-order chi connectivity index (χ1) is 12.1. The molecule has 0 saturated carbocycles. The van der Waals surface area contributed by atoms with Gasteiger partial charge in [0.15, 0.2) is 0 Å². The number of carbonyl (C=O) groups is 2. The van der Waals surface area contributed by atoms with Crippen LogP contribution in [-0.2, 0) is 4.79 Å². The Hall–Kier alpha value is -2.89. The van der Waals surface area contributed by atoms with E-state index in [1.54, 1.807) is 23.4 Å². The summed E-state index contributed by atoms with van der Waals surface area (Å²) in [5.41, 5.74) is 7.68. The van der Waals surface area contributed by atoms with Crippen molar-refractivity contribution in [2.45, 2.75) is 25.8 Å². The smallest absolute Gasteiger partial charge is 0.255 e. The average Bonchev–Trinajstić information content (AvgIpc) is 2.61. The van der Waals surface area contributed by atoms with Gasteiger partial charge in [0.1, 0.15) is 5.75 Å². The average molecular weight is 339 g/mol. The number of amides is 2. The molecule has 1 aliphatic heterocycles. The molecule has 0 aliphatic carbocycles. The number of fused-ring (bicyclic) bond motifs is 1. The fourth-order valence-electron chi connectivity index (χ4n) is 3.11. The van der Waals surface area contributed by atoms with Gasteiger partial charge in [0.25, 0.3) is 5.91 Å². The van der Waals surface area contributed by atoms with E-state index >= 15 is 0 Å². The van der Waals surface area contributed by atoms with Crippen molar-refractivity contribution in [1.82, 2.24) is 9.88 Å². The molecular weight excluding hydrogens is 318 g/mol. The lowest BCUT2D eigenvalue weighted by molar-refractivity contribution is -0.118. The van der Waals surface area contributed by atoms with Crippen molar-refractivity contribution < 1.29 is 14.3 Å². The lowest BCUT2D eigenvalue weighted by Crippen LogP contribution is -2.39. The van der Waals surface area contributed by atoms with Crippen LogP contribution in [0.1, 0.15) is 40.4 Å². The Morgan fingerprint density at radius 1 is 1.32 bits per heavy atom. The molecule has 1 aromatic carbocycles. The highest BCUT2D eigenvalue weighted by atomic mass is 16.5. The van der Waals surface area contributed by atoms with E-state index in [1.807, 2.05) is 31.2 Å². The Balaban J connectivity index is 1.95. The topological polar surface area (TPSA) is 85.5 Å². The number of carbonyl (C=O) groups excluding carboxylic acids is 2. The summed E-state index contributed by atoms with van der Waals surface area (Å²) in [5.74, 6) is 0.192. The number of hydrogen-bond acceptors (Lipinski definition) is 4. The van der Waals surface area contributed by atoms with Crippen molar-refractivity contribution in [2.24, 2.45) is 5.73 Å². The van der Waals surface area contributed by atoms with Crippen molar-refractivity contribution in [3.8, 4) is 5.75 Å². The fraction of sp³-hybridized carbons (Fsp3) is 0.316. The molecule has 1 aliphatic rings. The van der Waals surface area contributed by atoms with Gasteiger partial charge in [0.05, 0.1) is 18.2 Å². The van der Waals surface area contributed by atoms with Crippen LogP contribution >= 0.6 is 0 Å². The van der Waals surface area contributed by atoms with Crippen molar-refractivity contribution >= 4 is 11.8 Å². The maximum atomic E-state index is 13.1. The molecule has 0 radical (unpaired) electrons. The molecule has 25 heavy (non-hydrogen) atoms. The van der Waals surface area contributed by atoms with Crippen LogP contribution in [0.15, 0.2) is 42.7 Å². The van der Waals surface area contributed by atoms with Crippen molar-refractivity contribution in [3.63, 3.8) is 0 Å². The van der Waals surface area contributed by atoms with E-state index in [2.05, 4.69) is 4.98 Å². The molecule has 130 valence electrons. The molecule has 2 N–H and O–H groups in total. The molecule has 0 spiro atoms. The van der Waals surface area contributed by atoms with Crippen LogP contribution < -0.4 is 10.5 Å². The van der Waals surface area contributed by atoms with Gasteiger partial charge in [-0.05, 0) is 24.6 Å². The van der Waals surface area contributed by atoms with Crippen LogP contribution in [0.4, 0.5) is 0 Å². The number of nitrogens with zero attached hydrogens (tertiary/aromatic N) is 2. The van der Waals surface area contributed by atoms with E-state index in [0.29, 0.717) is 18.6 Å². The van der Waals surface area contributed by atoms with Gasteiger partial charge in [-0.25, -0.2) is 0 Å². The lowest BCUT2D eigenvalue weighted by Gasteiger charge is -2.35. The fourth-order valence-corrected chi connectivity index (χ4v) is 3.11. The third-order valence-corrected chi connectivity index (χ3v) is 4.28. The molecule has 3 rings (SSSR count). The Kier molecular flexibility index (Phi) is 4.97. The van der Waals surface area contributed by atoms with Crippen LogP contribution in [0.5, 0.6) is 5.75 Å². The van der Waals surface area contributed by atoms with Crippen molar-refractivity contribution in [3.05, 3.63) is 59.4 Å². The third-order valence-electron chi connectivity index (χ3n) is 4.28.